The van der Waals surface area contributed by atoms with E-state index < -0.39 is 5.60 Å². The van der Waals surface area contributed by atoms with Crippen molar-refractivity contribution in [3.05, 3.63) is 42.5 Å². The SMILES string of the molecule is CC(C)(C)OC(=O)N1CCCC(Nc2cnc(C#N)c(-c3cnc4ccccn34)n2)C1. The van der Waals surface area contributed by atoms with E-state index in [1.54, 1.807) is 17.3 Å². The topological polar surface area (TPSA) is 108 Å². The lowest BCUT2D eigenvalue weighted by Crippen LogP contribution is -2.47. The third-order valence-corrected chi connectivity index (χ3v) is 4.96. The molecule has 1 aliphatic rings. The molecule has 1 aliphatic heterocycles. The van der Waals surface area contributed by atoms with Gasteiger partial charge in [-0.05, 0) is 45.7 Å². The average Bonchev–Trinajstić information content (AvgIpc) is 3.17. The number of nitrogens with one attached hydrogen (secondary N) is 1. The molecule has 0 bridgehead atoms. The van der Waals surface area contributed by atoms with Crippen LogP contribution in [0, 0.1) is 11.3 Å². The van der Waals surface area contributed by atoms with Crippen molar-refractivity contribution in [1.82, 2.24) is 24.3 Å². The van der Waals surface area contributed by atoms with E-state index in [2.05, 4.69) is 26.3 Å². The second kappa shape index (κ2) is 8.22. The fraction of sp³-hybridized carbons (Fsp3) is 0.409. The molecule has 1 atom stereocenters. The second-order valence-electron chi connectivity index (χ2n) is 8.55. The normalized spacial score (nSPS) is 16.7. The number of likely N-dealkylation sites (tertiary alicyclic amines) is 1. The smallest absolute Gasteiger partial charge is 0.410 e. The Morgan fingerprint density at radius 3 is 2.90 bits per heavy atom. The van der Waals surface area contributed by atoms with Crippen molar-refractivity contribution in [1.29, 1.82) is 5.26 Å². The molecule has 1 fully saturated rings. The molecule has 1 saturated heterocycles. The maximum absolute atomic E-state index is 12.4. The Morgan fingerprint density at radius 2 is 2.13 bits per heavy atom. The fourth-order valence-corrected chi connectivity index (χ4v) is 3.62. The monoisotopic (exact) mass is 419 g/mol. The number of aromatic nitrogens is 4. The molecule has 4 heterocycles. The van der Waals surface area contributed by atoms with Gasteiger partial charge in [-0.25, -0.2) is 19.7 Å². The number of nitrogens with zero attached hydrogens (tertiary/aromatic N) is 6. The zero-order valence-electron chi connectivity index (χ0n) is 17.9. The average molecular weight is 419 g/mol. The molecule has 0 aliphatic carbocycles. The molecule has 0 saturated carbocycles. The van der Waals surface area contributed by atoms with Gasteiger partial charge < -0.3 is 15.0 Å². The molecular formula is C22H25N7O2. The van der Waals surface area contributed by atoms with Crippen LogP contribution >= 0.6 is 0 Å². The zero-order valence-corrected chi connectivity index (χ0v) is 17.9. The highest BCUT2D eigenvalue weighted by atomic mass is 16.6. The molecule has 4 rings (SSSR count). The van der Waals surface area contributed by atoms with Gasteiger partial charge in [0.2, 0.25) is 0 Å². The summed E-state index contributed by atoms with van der Waals surface area (Å²) in [6.45, 7) is 6.76. The summed E-state index contributed by atoms with van der Waals surface area (Å²) in [5.74, 6) is 0.552. The van der Waals surface area contributed by atoms with Gasteiger partial charge >= 0.3 is 6.09 Å². The minimum Gasteiger partial charge on any atom is -0.444 e. The fourth-order valence-electron chi connectivity index (χ4n) is 3.62. The summed E-state index contributed by atoms with van der Waals surface area (Å²) in [7, 11) is 0. The molecular weight excluding hydrogens is 394 g/mol. The summed E-state index contributed by atoms with van der Waals surface area (Å²) < 4.78 is 7.37. The molecule has 3 aromatic heterocycles. The summed E-state index contributed by atoms with van der Waals surface area (Å²) >= 11 is 0. The number of anilines is 1. The lowest BCUT2D eigenvalue weighted by Gasteiger charge is -2.34. The standard InChI is InChI=1S/C22H25N7O2/c1-22(2,3)31-21(30)28-9-6-7-15(14-28)26-18-13-24-16(11-23)20(27-18)17-12-25-19-8-4-5-10-29(17)19/h4-5,8,10,12-13,15H,6-7,9,14H2,1-3H3,(H,26,27). The highest BCUT2D eigenvalue weighted by Gasteiger charge is 2.28. The minimum atomic E-state index is -0.529. The largest absolute Gasteiger partial charge is 0.444 e. The second-order valence-corrected chi connectivity index (χ2v) is 8.55. The molecule has 0 radical (unpaired) electrons. The highest BCUT2D eigenvalue weighted by molar-refractivity contribution is 5.68. The van der Waals surface area contributed by atoms with E-state index in [1.165, 1.54) is 0 Å². The van der Waals surface area contributed by atoms with Gasteiger partial charge in [0.25, 0.3) is 0 Å². The third-order valence-electron chi connectivity index (χ3n) is 4.96. The Kier molecular flexibility index (Phi) is 5.46. The number of amides is 1. The molecule has 3 aromatic rings. The maximum atomic E-state index is 12.4. The van der Waals surface area contributed by atoms with Crippen molar-refractivity contribution >= 4 is 17.6 Å². The lowest BCUT2D eigenvalue weighted by atomic mass is 10.1. The van der Waals surface area contributed by atoms with Crippen LogP contribution in [0.2, 0.25) is 0 Å². The van der Waals surface area contributed by atoms with Gasteiger partial charge in [-0.2, -0.15) is 5.26 Å². The Bertz CT molecular complexity index is 1140. The minimum absolute atomic E-state index is 0.0125. The van der Waals surface area contributed by atoms with Crippen molar-refractivity contribution in [2.75, 3.05) is 18.4 Å². The quantitative estimate of drug-likeness (QED) is 0.692. The van der Waals surface area contributed by atoms with Crippen molar-refractivity contribution in [3.8, 4) is 17.5 Å². The first kappa shape index (κ1) is 20.6. The van der Waals surface area contributed by atoms with Crippen molar-refractivity contribution in [2.45, 2.75) is 45.3 Å². The van der Waals surface area contributed by atoms with Crippen LogP contribution in [0.4, 0.5) is 10.6 Å². The Hall–Kier alpha value is -3.67. The van der Waals surface area contributed by atoms with E-state index in [9.17, 15) is 10.1 Å². The first-order chi connectivity index (χ1) is 14.8. The first-order valence-electron chi connectivity index (χ1n) is 10.3. The Labute approximate surface area is 180 Å². The number of imidazole rings is 1. The number of rotatable bonds is 3. The number of hydrogen-bond donors (Lipinski definition) is 1. The highest BCUT2D eigenvalue weighted by Crippen LogP contribution is 2.24. The van der Waals surface area contributed by atoms with Crippen LogP contribution in [-0.2, 0) is 4.74 Å². The van der Waals surface area contributed by atoms with Crippen LogP contribution in [0.25, 0.3) is 17.0 Å². The van der Waals surface area contributed by atoms with Gasteiger partial charge in [-0.3, -0.25) is 4.40 Å². The number of hydrogen-bond acceptors (Lipinski definition) is 7. The molecule has 1 N–H and O–H groups in total. The Morgan fingerprint density at radius 1 is 1.29 bits per heavy atom. The van der Waals surface area contributed by atoms with E-state index >= 15 is 0 Å². The van der Waals surface area contributed by atoms with E-state index in [-0.39, 0.29) is 17.8 Å². The van der Waals surface area contributed by atoms with Crippen LogP contribution in [0.1, 0.15) is 39.3 Å². The van der Waals surface area contributed by atoms with Gasteiger partial charge in [0.05, 0.1) is 18.1 Å². The number of piperidine rings is 1. The predicted octanol–water partition coefficient (Wildman–Crippen LogP) is 3.47. The predicted molar refractivity (Wildman–Crippen MR) is 115 cm³/mol. The number of carbonyl (C=O) groups excluding carboxylic acids is 1. The summed E-state index contributed by atoms with van der Waals surface area (Å²) in [5, 5.41) is 12.9. The number of pyridine rings is 1. The summed E-state index contributed by atoms with van der Waals surface area (Å²) in [6.07, 6.45) is 6.57. The van der Waals surface area contributed by atoms with Crippen LogP contribution in [-0.4, -0.2) is 55.1 Å². The van der Waals surface area contributed by atoms with Crippen LogP contribution < -0.4 is 5.32 Å². The molecule has 1 amide bonds. The zero-order chi connectivity index (χ0) is 22.0. The van der Waals surface area contributed by atoms with Gasteiger partial charge in [-0.1, -0.05) is 6.07 Å². The van der Waals surface area contributed by atoms with Crippen LogP contribution in [0.5, 0.6) is 0 Å². The lowest BCUT2D eigenvalue weighted by molar-refractivity contribution is 0.0206. The molecule has 9 nitrogen and oxygen atoms in total. The van der Waals surface area contributed by atoms with Crippen molar-refractivity contribution in [3.63, 3.8) is 0 Å². The molecule has 160 valence electrons. The molecule has 0 aromatic carbocycles. The third kappa shape index (κ3) is 4.58. The molecule has 9 heteroatoms. The summed E-state index contributed by atoms with van der Waals surface area (Å²) in [4.78, 5) is 27.5. The van der Waals surface area contributed by atoms with E-state index in [0.29, 0.717) is 30.3 Å². The number of carbonyl (C=O) groups is 1. The van der Waals surface area contributed by atoms with Crippen LogP contribution in [0.3, 0.4) is 0 Å². The summed E-state index contributed by atoms with van der Waals surface area (Å²) in [5.41, 5.74) is 1.63. The molecule has 0 spiro atoms. The number of nitriles is 1. The Balaban J connectivity index is 1.55. The van der Waals surface area contributed by atoms with Gasteiger partial charge in [0.1, 0.15) is 28.8 Å². The number of ether oxygens (including phenoxy) is 1. The first-order valence-corrected chi connectivity index (χ1v) is 10.3. The molecule has 1 unspecified atom stereocenters. The van der Waals surface area contributed by atoms with Gasteiger partial charge in [-0.15, -0.1) is 0 Å². The summed E-state index contributed by atoms with van der Waals surface area (Å²) in [6, 6.07) is 7.81. The molecule has 31 heavy (non-hydrogen) atoms. The maximum Gasteiger partial charge on any atom is 0.410 e. The van der Waals surface area contributed by atoms with Gasteiger partial charge in [0, 0.05) is 25.3 Å². The van der Waals surface area contributed by atoms with Crippen molar-refractivity contribution in [2.24, 2.45) is 0 Å². The number of fused-ring (bicyclic) bond motifs is 1. The van der Waals surface area contributed by atoms with E-state index in [1.807, 2.05) is 49.6 Å². The van der Waals surface area contributed by atoms with E-state index in [4.69, 9.17) is 4.74 Å². The van der Waals surface area contributed by atoms with Crippen LogP contribution in [0.15, 0.2) is 36.8 Å². The van der Waals surface area contributed by atoms with E-state index in [0.717, 1.165) is 18.5 Å². The van der Waals surface area contributed by atoms with Gasteiger partial charge in [0.15, 0.2) is 5.69 Å². The van der Waals surface area contributed by atoms with Crippen molar-refractivity contribution < 1.29 is 9.53 Å².